The Morgan fingerprint density at radius 1 is 0.789 bits per heavy atom. The molecule has 0 saturated carbocycles. The molecule has 0 fully saturated rings. The van der Waals surface area contributed by atoms with Crippen molar-refractivity contribution in [3.8, 4) is 0 Å². The standard InChI is InChI=1S/C18H19N/c1-2-5-15(6-3-1)9-10-16-7-4-8-17-11-13-19-14-12-18(16)17/h1-10,19H,11-14H2. The summed E-state index contributed by atoms with van der Waals surface area (Å²) in [5.74, 6) is 0. The Labute approximate surface area is 115 Å². The van der Waals surface area contributed by atoms with E-state index in [1.165, 1.54) is 22.3 Å². The van der Waals surface area contributed by atoms with Gasteiger partial charge in [0.2, 0.25) is 0 Å². The Balaban J connectivity index is 1.91. The highest BCUT2D eigenvalue weighted by molar-refractivity contribution is 5.71. The van der Waals surface area contributed by atoms with E-state index in [-0.39, 0.29) is 0 Å². The Morgan fingerprint density at radius 2 is 1.63 bits per heavy atom. The Bertz CT molecular complexity index is 569. The van der Waals surface area contributed by atoms with Crippen molar-refractivity contribution in [3.05, 3.63) is 70.8 Å². The van der Waals surface area contributed by atoms with Crippen LogP contribution >= 0.6 is 0 Å². The number of rotatable bonds is 2. The minimum atomic E-state index is 1.09. The number of hydrogen-bond donors (Lipinski definition) is 1. The highest BCUT2D eigenvalue weighted by atomic mass is 14.8. The fraction of sp³-hybridized carbons (Fsp3) is 0.222. The van der Waals surface area contributed by atoms with E-state index in [0.29, 0.717) is 0 Å². The Morgan fingerprint density at radius 3 is 2.53 bits per heavy atom. The third-order valence-electron chi connectivity index (χ3n) is 3.69. The van der Waals surface area contributed by atoms with Gasteiger partial charge in [0.15, 0.2) is 0 Å². The van der Waals surface area contributed by atoms with Gasteiger partial charge in [-0.15, -0.1) is 0 Å². The third-order valence-corrected chi connectivity index (χ3v) is 3.69. The van der Waals surface area contributed by atoms with Crippen LogP contribution in [0.15, 0.2) is 48.5 Å². The maximum absolute atomic E-state index is 3.47. The van der Waals surface area contributed by atoms with E-state index in [4.69, 9.17) is 0 Å². The van der Waals surface area contributed by atoms with Crippen LogP contribution in [0.5, 0.6) is 0 Å². The molecule has 0 aromatic heterocycles. The molecule has 0 atom stereocenters. The van der Waals surface area contributed by atoms with Crippen LogP contribution in [0.1, 0.15) is 22.3 Å². The first-order valence-electron chi connectivity index (χ1n) is 6.98. The average Bonchev–Trinajstić information content (AvgIpc) is 2.72. The number of hydrogen-bond acceptors (Lipinski definition) is 1. The second kappa shape index (κ2) is 5.85. The smallest absolute Gasteiger partial charge is 0.000790 e. The molecule has 1 nitrogen and oxygen atoms in total. The number of fused-ring (bicyclic) bond motifs is 1. The van der Waals surface area contributed by atoms with E-state index >= 15 is 0 Å². The minimum Gasteiger partial charge on any atom is -0.316 e. The zero-order valence-electron chi connectivity index (χ0n) is 11.1. The van der Waals surface area contributed by atoms with Crippen molar-refractivity contribution in [1.29, 1.82) is 0 Å². The van der Waals surface area contributed by atoms with Gasteiger partial charge < -0.3 is 5.32 Å². The maximum Gasteiger partial charge on any atom is -0.000790 e. The van der Waals surface area contributed by atoms with Crippen LogP contribution in [0, 0.1) is 0 Å². The quantitative estimate of drug-likeness (QED) is 0.803. The zero-order chi connectivity index (χ0) is 12.9. The molecule has 0 radical (unpaired) electrons. The first kappa shape index (κ1) is 12.2. The summed E-state index contributed by atoms with van der Waals surface area (Å²) in [5, 5.41) is 3.47. The second-order valence-electron chi connectivity index (χ2n) is 4.98. The van der Waals surface area contributed by atoms with Crippen molar-refractivity contribution in [1.82, 2.24) is 5.32 Å². The van der Waals surface area contributed by atoms with Gasteiger partial charge in [0.05, 0.1) is 0 Å². The highest BCUT2D eigenvalue weighted by Gasteiger charge is 2.09. The minimum absolute atomic E-state index is 1.09. The van der Waals surface area contributed by atoms with Gasteiger partial charge in [-0.1, -0.05) is 60.7 Å². The van der Waals surface area contributed by atoms with Gasteiger partial charge in [-0.3, -0.25) is 0 Å². The predicted molar refractivity (Wildman–Crippen MR) is 82.1 cm³/mol. The highest BCUT2D eigenvalue weighted by Crippen LogP contribution is 2.20. The van der Waals surface area contributed by atoms with Crippen LogP contribution in [0.3, 0.4) is 0 Å². The van der Waals surface area contributed by atoms with E-state index in [1.807, 2.05) is 0 Å². The van der Waals surface area contributed by atoms with Crippen LogP contribution in [0.25, 0.3) is 12.2 Å². The van der Waals surface area contributed by atoms with E-state index < -0.39 is 0 Å². The lowest BCUT2D eigenvalue weighted by molar-refractivity contribution is 0.711. The fourth-order valence-corrected chi connectivity index (χ4v) is 2.66. The molecule has 96 valence electrons. The van der Waals surface area contributed by atoms with Gasteiger partial charge in [-0.05, 0) is 48.2 Å². The second-order valence-corrected chi connectivity index (χ2v) is 4.98. The molecule has 1 aliphatic rings. The van der Waals surface area contributed by atoms with Gasteiger partial charge in [0, 0.05) is 0 Å². The van der Waals surface area contributed by atoms with Gasteiger partial charge in [0.1, 0.15) is 0 Å². The van der Waals surface area contributed by atoms with Crippen LogP contribution in [-0.4, -0.2) is 13.1 Å². The SMILES string of the molecule is C(=Cc1cccc2c1CCNCC2)c1ccccc1. The normalized spacial score (nSPS) is 15.2. The Hall–Kier alpha value is -1.86. The van der Waals surface area contributed by atoms with Gasteiger partial charge >= 0.3 is 0 Å². The molecule has 1 aliphatic heterocycles. The Kier molecular flexibility index (Phi) is 3.75. The largest absolute Gasteiger partial charge is 0.316 e. The summed E-state index contributed by atoms with van der Waals surface area (Å²) in [5.41, 5.74) is 5.64. The summed E-state index contributed by atoms with van der Waals surface area (Å²) in [4.78, 5) is 0. The summed E-state index contributed by atoms with van der Waals surface area (Å²) < 4.78 is 0. The van der Waals surface area contributed by atoms with Gasteiger partial charge in [0.25, 0.3) is 0 Å². The monoisotopic (exact) mass is 249 g/mol. The summed E-state index contributed by atoms with van der Waals surface area (Å²) in [7, 11) is 0. The number of nitrogens with one attached hydrogen (secondary N) is 1. The molecular weight excluding hydrogens is 230 g/mol. The molecule has 0 amide bonds. The van der Waals surface area contributed by atoms with Crippen molar-refractivity contribution >= 4 is 12.2 Å². The lowest BCUT2D eigenvalue weighted by Crippen LogP contribution is -2.16. The molecule has 1 heteroatoms. The van der Waals surface area contributed by atoms with E-state index in [2.05, 4.69) is 66.0 Å². The zero-order valence-corrected chi connectivity index (χ0v) is 11.1. The van der Waals surface area contributed by atoms with Crippen LogP contribution in [-0.2, 0) is 12.8 Å². The van der Waals surface area contributed by atoms with Crippen molar-refractivity contribution in [2.75, 3.05) is 13.1 Å². The molecule has 1 heterocycles. The van der Waals surface area contributed by atoms with Gasteiger partial charge in [-0.2, -0.15) is 0 Å². The lowest BCUT2D eigenvalue weighted by Gasteiger charge is -2.08. The molecule has 19 heavy (non-hydrogen) atoms. The molecule has 0 spiro atoms. The lowest BCUT2D eigenvalue weighted by atomic mass is 9.96. The topological polar surface area (TPSA) is 12.0 Å². The van der Waals surface area contributed by atoms with Gasteiger partial charge in [-0.25, -0.2) is 0 Å². The summed E-state index contributed by atoms with van der Waals surface area (Å²) in [6.07, 6.45) is 6.72. The summed E-state index contributed by atoms with van der Waals surface area (Å²) in [6, 6.07) is 17.2. The first-order chi connectivity index (χ1) is 9.43. The van der Waals surface area contributed by atoms with E-state index in [9.17, 15) is 0 Å². The summed E-state index contributed by atoms with van der Waals surface area (Å²) >= 11 is 0. The van der Waals surface area contributed by atoms with Crippen molar-refractivity contribution in [3.63, 3.8) is 0 Å². The van der Waals surface area contributed by atoms with Crippen LogP contribution < -0.4 is 5.32 Å². The van der Waals surface area contributed by atoms with E-state index in [1.54, 1.807) is 0 Å². The molecule has 2 aromatic carbocycles. The number of benzene rings is 2. The predicted octanol–water partition coefficient (Wildman–Crippen LogP) is 3.55. The molecule has 0 saturated heterocycles. The van der Waals surface area contributed by atoms with Crippen molar-refractivity contribution in [2.24, 2.45) is 0 Å². The molecule has 0 bridgehead atoms. The third kappa shape index (κ3) is 2.94. The van der Waals surface area contributed by atoms with Crippen LogP contribution in [0.4, 0.5) is 0 Å². The fourth-order valence-electron chi connectivity index (χ4n) is 2.66. The molecule has 1 N–H and O–H groups in total. The summed E-state index contributed by atoms with van der Waals surface area (Å²) in [6.45, 7) is 2.18. The molecular formula is C18H19N. The molecule has 0 unspecified atom stereocenters. The van der Waals surface area contributed by atoms with Crippen molar-refractivity contribution < 1.29 is 0 Å². The average molecular weight is 249 g/mol. The van der Waals surface area contributed by atoms with E-state index in [0.717, 1.165) is 25.9 Å². The molecule has 0 aliphatic carbocycles. The molecule has 2 aromatic rings. The maximum atomic E-state index is 3.47. The van der Waals surface area contributed by atoms with Crippen LogP contribution in [0.2, 0.25) is 0 Å². The molecule has 3 rings (SSSR count). The first-order valence-corrected chi connectivity index (χ1v) is 6.98. The van der Waals surface area contributed by atoms with Crippen molar-refractivity contribution in [2.45, 2.75) is 12.8 Å².